The van der Waals surface area contributed by atoms with Crippen molar-refractivity contribution >= 4 is 0 Å². The highest BCUT2D eigenvalue weighted by Crippen LogP contribution is 2.17. The molecule has 0 aliphatic carbocycles. The highest BCUT2D eigenvalue weighted by atomic mass is 19.1. The summed E-state index contributed by atoms with van der Waals surface area (Å²) in [5.41, 5.74) is 1.65. The molecule has 2 rings (SSSR count). The topological polar surface area (TPSA) is 41.9 Å². The number of para-hydroxylation sites is 1. The Morgan fingerprint density at radius 1 is 1.12 bits per heavy atom. The van der Waals surface area contributed by atoms with E-state index in [-0.39, 0.29) is 12.4 Å². The molecule has 2 aromatic rings. The van der Waals surface area contributed by atoms with Crippen molar-refractivity contribution < 1.29 is 19.0 Å². The molecule has 5 heteroatoms. The summed E-state index contributed by atoms with van der Waals surface area (Å²) in [5.74, 6) is 0.543. The Balaban J connectivity index is 1.91. The monoisotopic (exact) mass is 361 g/mol. The lowest BCUT2D eigenvalue weighted by Crippen LogP contribution is -2.36. The van der Waals surface area contributed by atoms with Crippen LogP contribution in [0, 0.1) is 12.7 Å². The van der Waals surface area contributed by atoms with Crippen molar-refractivity contribution in [3.8, 4) is 5.75 Å². The second-order valence-corrected chi connectivity index (χ2v) is 6.40. The van der Waals surface area contributed by atoms with Crippen LogP contribution < -0.4 is 4.74 Å². The molecular formula is C21H28FNO3. The smallest absolute Gasteiger partial charge is 0.127 e. The summed E-state index contributed by atoms with van der Waals surface area (Å²) in [6, 6.07) is 14.4. The maximum absolute atomic E-state index is 14.0. The molecule has 0 saturated carbocycles. The molecule has 4 nitrogen and oxygen atoms in total. The predicted molar refractivity (Wildman–Crippen MR) is 101 cm³/mol. The Hall–Kier alpha value is -1.95. The van der Waals surface area contributed by atoms with Crippen LogP contribution in [0.25, 0.3) is 0 Å². The summed E-state index contributed by atoms with van der Waals surface area (Å²) in [6.45, 7) is 4.36. The summed E-state index contributed by atoms with van der Waals surface area (Å²) in [4.78, 5) is 2.03. The van der Waals surface area contributed by atoms with Crippen LogP contribution in [0.5, 0.6) is 5.75 Å². The first-order valence-corrected chi connectivity index (χ1v) is 8.91. The average Bonchev–Trinajstić information content (AvgIpc) is 2.63. The lowest BCUT2D eigenvalue weighted by Gasteiger charge is -2.25. The number of nitrogens with zero attached hydrogens (tertiary/aromatic N) is 1. The van der Waals surface area contributed by atoms with Crippen molar-refractivity contribution in [2.45, 2.75) is 26.0 Å². The standard InChI is InChI=1S/C21H28FNO3/c1-17-8-3-6-11-21(17)26-16-19(24)15-23(12-7-13-25-2)14-18-9-4-5-10-20(18)22/h3-6,8-11,19,24H,7,12-16H2,1-2H3/t19-/m1/s1. The molecule has 0 aromatic heterocycles. The molecule has 142 valence electrons. The number of rotatable bonds is 11. The lowest BCUT2D eigenvalue weighted by molar-refractivity contribution is 0.0612. The van der Waals surface area contributed by atoms with Gasteiger partial charge in [0.1, 0.15) is 24.3 Å². The van der Waals surface area contributed by atoms with E-state index in [2.05, 4.69) is 0 Å². The predicted octanol–water partition coefficient (Wildman–Crippen LogP) is 3.41. The fraction of sp³-hybridized carbons (Fsp3) is 0.429. The van der Waals surface area contributed by atoms with Gasteiger partial charge < -0.3 is 14.6 Å². The van der Waals surface area contributed by atoms with Gasteiger partial charge in [-0.25, -0.2) is 4.39 Å². The summed E-state index contributed by atoms with van der Waals surface area (Å²) in [7, 11) is 1.66. The van der Waals surface area contributed by atoms with Crippen LogP contribution in [-0.4, -0.2) is 49.5 Å². The van der Waals surface area contributed by atoms with Crippen LogP contribution in [0.15, 0.2) is 48.5 Å². The minimum absolute atomic E-state index is 0.197. The van der Waals surface area contributed by atoms with Gasteiger partial charge in [-0.05, 0) is 31.0 Å². The van der Waals surface area contributed by atoms with Gasteiger partial charge in [0, 0.05) is 38.9 Å². The third-order valence-electron chi connectivity index (χ3n) is 4.17. The summed E-state index contributed by atoms with van der Waals surface area (Å²) < 4.78 is 24.8. The number of aliphatic hydroxyl groups is 1. The molecule has 2 aromatic carbocycles. The number of benzene rings is 2. The van der Waals surface area contributed by atoms with E-state index in [4.69, 9.17) is 9.47 Å². The average molecular weight is 361 g/mol. The van der Waals surface area contributed by atoms with Gasteiger partial charge in [-0.1, -0.05) is 36.4 Å². The van der Waals surface area contributed by atoms with E-state index in [1.54, 1.807) is 19.2 Å². The molecule has 26 heavy (non-hydrogen) atoms. The first kappa shape index (κ1) is 20.4. The van der Waals surface area contributed by atoms with Crippen LogP contribution in [0.2, 0.25) is 0 Å². The fourth-order valence-electron chi connectivity index (χ4n) is 2.79. The van der Waals surface area contributed by atoms with Gasteiger partial charge >= 0.3 is 0 Å². The SMILES string of the molecule is COCCCN(Cc1ccccc1F)C[C@@H](O)COc1ccccc1C. The Labute approximate surface area is 155 Å². The molecule has 0 aliphatic rings. The minimum Gasteiger partial charge on any atom is -0.491 e. The lowest BCUT2D eigenvalue weighted by atomic mass is 10.2. The van der Waals surface area contributed by atoms with E-state index in [0.29, 0.717) is 31.8 Å². The minimum atomic E-state index is -0.663. The van der Waals surface area contributed by atoms with Crippen molar-refractivity contribution in [2.75, 3.05) is 33.4 Å². The first-order valence-electron chi connectivity index (χ1n) is 8.91. The first-order chi connectivity index (χ1) is 12.6. The van der Waals surface area contributed by atoms with Gasteiger partial charge in [0.15, 0.2) is 0 Å². The Kier molecular flexibility index (Phi) is 8.54. The maximum Gasteiger partial charge on any atom is 0.127 e. The molecule has 0 amide bonds. The zero-order valence-electron chi connectivity index (χ0n) is 15.5. The number of halogens is 1. The number of methoxy groups -OCH3 is 1. The van der Waals surface area contributed by atoms with Gasteiger partial charge in [0.25, 0.3) is 0 Å². The Morgan fingerprint density at radius 2 is 1.85 bits per heavy atom. The second kappa shape index (κ2) is 10.9. The third-order valence-corrected chi connectivity index (χ3v) is 4.17. The van der Waals surface area contributed by atoms with Crippen LogP contribution in [0.1, 0.15) is 17.5 Å². The zero-order chi connectivity index (χ0) is 18.8. The number of aliphatic hydroxyl groups excluding tert-OH is 1. The Morgan fingerprint density at radius 3 is 2.58 bits per heavy atom. The molecular weight excluding hydrogens is 333 g/mol. The molecule has 1 atom stereocenters. The number of hydrogen-bond donors (Lipinski definition) is 1. The van der Waals surface area contributed by atoms with E-state index in [1.165, 1.54) is 6.07 Å². The third kappa shape index (κ3) is 6.75. The normalized spacial score (nSPS) is 12.3. The highest BCUT2D eigenvalue weighted by molar-refractivity contribution is 5.31. The quantitative estimate of drug-likeness (QED) is 0.623. The van der Waals surface area contributed by atoms with E-state index in [0.717, 1.165) is 17.7 Å². The van der Waals surface area contributed by atoms with E-state index < -0.39 is 6.10 Å². The highest BCUT2D eigenvalue weighted by Gasteiger charge is 2.15. The molecule has 1 N–H and O–H groups in total. The van der Waals surface area contributed by atoms with Crippen molar-refractivity contribution in [1.82, 2.24) is 4.90 Å². The zero-order valence-corrected chi connectivity index (χ0v) is 15.5. The number of ether oxygens (including phenoxy) is 2. The molecule has 0 aliphatic heterocycles. The number of hydrogen-bond acceptors (Lipinski definition) is 4. The van der Waals surface area contributed by atoms with Crippen LogP contribution >= 0.6 is 0 Å². The van der Waals surface area contributed by atoms with Crippen LogP contribution in [0.3, 0.4) is 0 Å². The second-order valence-electron chi connectivity index (χ2n) is 6.40. The van der Waals surface area contributed by atoms with Gasteiger partial charge in [-0.2, -0.15) is 0 Å². The van der Waals surface area contributed by atoms with Crippen molar-refractivity contribution in [1.29, 1.82) is 0 Å². The van der Waals surface area contributed by atoms with Gasteiger partial charge in [0.05, 0.1) is 0 Å². The van der Waals surface area contributed by atoms with Crippen LogP contribution in [0.4, 0.5) is 4.39 Å². The molecule has 0 heterocycles. The summed E-state index contributed by atoms with van der Waals surface area (Å²) >= 11 is 0. The van der Waals surface area contributed by atoms with Gasteiger partial charge in [-0.3, -0.25) is 4.90 Å². The molecule has 0 fully saturated rings. The summed E-state index contributed by atoms with van der Waals surface area (Å²) in [6.07, 6.45) is 0.153. The van der Waals surface area contributed by atoms with Crippen molar-refractivity contribution in [3.63, 3.8) is 0 Å². The van der Waals surface area contributed by atoms with E-state index in [1.807, 2.05) is 42.2 Å². The molecule has 0 saturated heterocycles. The van der Waals surface area contributed by atoms with E-state index in [9.17, 15) is 9.50 Å². The fourth-order valence-corrected chi connectivity index (χ4v) is 2.79. The molecule has 0 radical (unpaired) electrons. The maximum atomic E-state index is 14.0. The number of aryl methyl sites for hydroxylation is 1. The van der Waals surface area contributed by atoms with E-state index >= 15 is 0 Å². The van der Waals surface area contributed by atoms with Gasteiger partial charge in [-0.15, -0.1) is 0 Å². The van der Waals surface area contributed by atoms with Gasteiger partial charge in [0.2, 0.25) is 0 Å². The van der Waals surface area contributed by atoms with Crippen molar-refractivity contribution in [3.05, 3.63) is 65.5 Å². The van der Waals surface area contributed by atoms with Crippen LogP contribution in [-0.2, 0) is 11.3 Å². The molecule has 0 spiro atoms. The largest absolute Gasteiger partial charge is 0.491 e. The van der Waals surface area contributed by atoms with Crippen molar-refractivity contribution in [2.24, 2.45) is 0 Å². The Bertz CT molecular complexity index is 665. The molecule has 0 bridgehead atoms. The summed E-state index contributed by atoms with van der Waals surface area (Å²) in [5, 5.41) is 10.4. The molecule has 0 unspecified atom stereocenters.